The molecule has 40 heavy (non-hydrogen) atoms. The lowest BCUT2D eigenvalue weighted by Gasteiger charge is -2.27. The van der Waals surface area contributed by atoms with E-state index in [1.165, 1.54) is 10.7 Å². The Labute approximate surface area is 228 Å². The number of halogens is 1. The average Bonchev–Trinajstić information content (AvgIpc) is 3.65. The van der Waals surface area contributed by atoms with Gasteiger partial charge in [-0.2, -0.15) is 4.98 Å². The highest BCUT2D eigenvalue weighted by molar-refractivity contribution is 5.76. The molecule has 2 N–H and O–H groups in total. The molecule has 11 heteroatoms. The van der Waals surface area contributed by atoms with Gasteiger partial charge in [0.15, 0.2) is 5.69 Å². The van der Waals surface area contributed by atoms with E-state index < -0.39 is 11.8 Å². The lowest BCUT2D eigenvalue weighted by molar-refractivity contribution is -0.142. The molecule has 0 spiro atoms. The third-order valence-electron chi connectivity index (χ3n) is 7.22. The van der Waals surface area contributed by atoms with Crippen molar-refractivity contribution < 1.29 is 18.8 Å². The fourth-order valence-electron chi connectivity index (χ4n) is 5.00. The molecule has 0 aliphatic heterocycles. The summed E-state index contributed by atoms with van der Waals surface area (Å²) in [5.41, 5.74) is 3.65. The summed E-state index contributed by atoms with van der Waals surface area (Å²) in [7, 11) is 0. The van der Waals surface area contributed by atoms with Gasteiger partial charge in [0.05, 0.1) is 5.92 Å². The minimum Gasteiger partial charge on any atom is -0.481 e. The van der Waals surface area contributed by atoms with Crippen molar-refractivity contribution in [2.75, 3.05) is 0 Å². The molecule has 10 nitrogen and oxygen atoms in total. The SMILES string of the molecule is O=C(O)[C@H]1CC[C@@H](NCc2ccc(-c3noc(-c4nnn(-c5ccccc5F)c4-c4ccncc4)n3)cc2)CC1. The first-order valence-electron chi connectivity index (χ1n) is 13.1. The van der Waals surface area contributed by atoms with Gasteiger partial charge in [0, 0.05) is 36.1 Å². The molecule has 202 valence electrons. The normalized spacial score (nSPS) is 17.1. The van der Waals surface area contributed by atoms with E-state index >= 15 is 0 Å². The minimum absolute atomic E-state index is 0.159. The molecular formula is C29H26FN7O3. The third kappa shape index (κ3) is 5.23. The molecule has 1 aliphatic carbocycles. The Bertz CT molecular complexity index is 1610. The Morgan fingerprint density at radius 3 is 2.48 bits per heavy atom. The zero-order chi connectivity index (χ0) is 27.5. The number of carboxylic acid groups (broad SMARTS) is 1. The predicted octanol–water partition coefficient (Wildman–Crippen LogP) is 4.92. The maximum atomic E-state index is 14.7. The molecule has 3 aromatic heterocycles. The predicted molar refractivity (Wildman–Crippen MR) is 143 cm³/mol. The average molecular weight is 540 g/mol. The van der Waals surface area contributed by atoms with Gasteiger partial charge in [0.25, 0.3) is 5.89 Å². The zero-order valence-corrected chi connectivity index (χ0v) is 21.4. The Morgan fingerprint density at radius 1 is 1.00 bits per heavy atom. The number of pyridine rings is 1. The van der Waals surface area contributed by atoms with Crippen molar-refractivity contribution in [2.45, 2.75) is 38.3 Å². The van der Waals surface area contributed by atoms with Gasteiger partial charge >= 0.3 is 5.97 Å². The summed E-state index contributed by atoms with van der Waals surface area (Å²) >= 11 is 0. The number of rotatable bonds is 8. The highest BCUT2D eigenvalue weighted by Gasteiger charge is 2.26. The van der Waals surface area contributed by atoms with Crippen LogP contribution in [0.15, 0.2) is 77.6 Å². The molecular weight excluding hydrogens is 513 g/mol. The topological polar surface area (TPSA) is 132 Å². The highest BCUT2D eigenvalue weighted by Crippen LogP contribution is 2.33. The first-order chi connectivity index (χ1) is 19.6. The molecule has 0 atom stereocenters. The fourth-order valence-corrected chi connectivity index (χ4v) is 5.00. The molecule has 1 fully saturated rings. The first kappa shape index (κ1) is 25.5. The molecule has 0 amide bonds. The van der Waals surface area contributed by atoms with Crippen LogP contribution in [0, 0.1) is 11.7 Å². The van der Waals surface area contributed by atoms with E-state index in [0.29, 0.717) is 48.2 Å². The van der Waals surface area contributed by atoms with Crippen LogP contribution in [0.25, 0.3) is 39.9 Å². The zero-order valence-electron chi connectivity index (χ0n) is 21.4. The van der Waals surface area contributed by atoms with Crippen LogP contribution in [-0.2, 0) is 11.3 Å². The molecule has 6 rings (SSSR count). The minimum atomic E-state index is -0.693. The van der Waals surface area contributed by atoms with Crippen LogP contribution in [0.2, 0.25) is 0 Å². The van der Waals surface area contributed by atoms with E-state index in [0.717, 1.165) is 24.0 Å². The summed E-state index contributed by atoms with van der Waals surface area (Å²) in [5.74, 6) is -0.804. The van der Waals surface area contributed by atoms with Gasteiger partial charge in [-0.05, 0) is 55.5 Å². The lowest BCUT2D eigenvalue weighted by Crippen LogP contribution is -2.34. The fraction of sp³-hybridized carbons (Fsp3) is 0.241. The van der Waals surface area contributed by atoms with Crippen LogP contribution in [0.1, 0.15) is 31.2 Å². The monoisotopic (exact) mass is 539 g/mol. The number of hydrogen-bond donors (Lipinski definition) is 2. The molecule has 1 saturated carbocycles. The molecule has 2 aromatic carbocycles. The van der Waals surface area contributed by atoms with Crippen molar-refractivity contribution in [1.29, 1.82) is 0 Å². The molecule has 0 radical (unpaired) electrons. The van der Waals surface area contributed by atoms with Crippen LogP contribution in [0.4, 0.5) is 4.39 Å². The van der Waals surface area contributed by atoms with E-state index in [1.807, 2.05) is 24.3 Å². The van der Waals surface area contributed by atoms with E-state index in [2.05, 4.69) is 30.8 Å². The number of aromatic nitrogens is 6. The highest BCUT2D eigenvalue weighted by atomic mass is 19.1. The number of para-hydroxylation sites is 1. The van der Waals surface area contributed by atoms with Gasteiger partial charge in [-0.1, -0.05) is 46.8 Å². The second-order valence-electron chi connectivity index (χ2n) is 9.77. The van der Waals surface area contributed by atoms with E-state index in [4.69, 9.17) is 4.52 Å². The van der Waals surface area contributed by atoms with Crippen LogP contribution >= 0.6 is 0 Å². The summed E-state index contributed by atoms with van der Waals surface area (Å²) < 4.78 is 21.7. The number of aliphatic carboxylic acids is 1. The molecule has 5 aromatic rings. The smallest absolute Gasteiger partial charge is 0.306 e. The summed E-state index contributed by atoms with van der Waals surface area (Å²) in [6, 6.07) is 18.0. The van der Waals surface area contributed by atoms with Crippen LogP contribution in [-0.4, -0.2) is 47.2 Å². The second-order valence-corrected chi connectivity index (χ2v) is 9.77. The Morgan fingerprint density at radius 2 is 1.75 bits per heavy atom. The maximum absolute atomic E-state index is 14.7. The maximum Gasteiger partial charge on any atom is 0.306 e. The summed E-state index contributed by atoms with van der Waals surface area (Å²) in [4.78, 5) is 19.8. The summed E-state index contributed by atoms with van der Waals surface area (Å²) in [6.45, 7) is 0.689. The second kappa shape index (κ2) is 11.1. The third-order valence-corrected chi connectivity index (χ3v) is 7.22. The van der Waals surface area contributed by atoms with Crippen molar-refractivity contribution >= 4 is 5.97 Å². The molecule has 0 saturated heterocycles. The summed E-state index contributed by atoms with van der Waals surface area (Å²) in [6.07, 6.45) is 6.42. The van der Waals surface area contributed by atoms with Crippen molar-refractivity contribution in [1.82, 2.24) is 35.4 Å². The number of carboxylic acids is 1. The van der Waals surface area contributed by atoms with E-state index in [-0.39, 0.29) is 17.5 Å². The van der Waals surface area contributed by atoms with Gasteiger partial charge in [0.1, 0.15) is 17.2 Å². The lowest BCUT2D eigenvalue weighted by atomic mass is 9.86. The van der Waals surface area contributed by atoms with Gasteiger partial charge in [-0.15, -0.1) is 5.10 Å². The molecule has 0 bridgehead atoms. The Kier molecular flexibility index (Phi) is 7.11. The van der Waals surface area contributed by atoms with Crippen LogP contribution < -0.4 is 5.32 Å². The Hall–Kier alpha value is -4.77. The van der Waals surface area contributed by atoms with Gasteiger partial charge < -0.3 is 14.9 Å². The molecule has 3 heterocycles. The number of nitrogens with zero attached hydrogens (tertiary/aromatic N) is 6. The number of benzene rings is 2. The molecule has 1 aliphatic rings. The number of nitrogens with one attached hydrogen (secondary N) is 1. The van der Waals surface area contributed by atoms with Crippen molar-refractivity contribution in [3.8, 4) is 39.9 Å². The van der Waals surface area contributed by atoms with Crippen LogP contribution in [0.5, 0.6) is 0 Å². The Balaban J connectivity index is 1.21. The van der Waals surface area contributed by atoms with Crippen molar-refractivity contribution in [3.63, 3.8) is 0 Å². The van der Waals surface area contributed by atoms with Crippen molar-refractivity contribution in [3.05, 3.63) is 84.4 Å². The van der Waals surface area contributed by atoms with Gasteiger partial charge in [-0.3, -0.25) is 9.78 Å². The van der Waals surface area contributed by atoms with Gasteiger partial charge in [-0.25, -0.2) is 9.07 Å². The van der Waals surface area contributed by atoms with E-state index in [9.17, 15) is 14.3 Å². The van der Waals surface area contributed by atoms with E-state index in [1.54, 1.807) is 42.7 Å². The largest absolute Gasteiger partial charge is 0.481 e. The standard InChI is InChI=1S/C29H26FN7O3/c30-23-3-1-2-4-24(23)37-26(19-13-15-31-16-14-19)25(34-36-37)28-33-27(35-40-28)20-7-5-18(6-8-20)17-32-22-11-9-21(10-12-22)29(38)39/h1-8,13-16,21-22,32H,9-12,17H2,(H,38,39)/t21-,22+. The quantitative estimate of drug-likeness (QED) is 0.282. The number of carbonyl (C=O) groups is 1. The molecule has 0 unspecified atom stereocenters. The summed E-state index contributed by atoms with van der Waals surface area (Å²) in [5, 5.41) is 25.3. The van der Waals surface area contributed by atoms with Gasteiger partial charge in [0.2, 0.25) is 5.82 Å². The first-order valence-corrected chi connectivity index (χ1v) is 13.1. The van der Waals surface area contributed by atoms with Crippen LogP contribution in [0.3, 0.4) is 0 Å². The number of hydrogen-bond acceptors (Lipinski definition) is 8. The van der Waals surface area contributed by atoms with Crippen molar-refractivity contribution in [2.24, 2.45) is 5.92 Å².